The van der Waals surface area contributed by atoms with Gasteiger partial charge in [0.05, 0.1) is 5.56 Å². The largest absolute Gasteiger partial charge is 0.435 e. The fourth-order valence-corrected chi connectivity index (χ4v) is 3.20. The first-order valence-corrected chi connectivity index (χ1v) is 8.76. The topological polar surface area (TPSA) is 42.2 Å². The molecule has 0 saturated carbocycles. The van der Waals surface area contributed by atoms with Crippen molar-refractivity contribution in [2.24, 2.45) is 0 Å². The van der Waals surface area contributed by atoms with E-state index in [2.05, 4.69) is 15.4 Å². The number of fused-ring (bicyclic) bond motifs is 1. The summed E-state index contributed by atoms with van der Waals surface area (Å²) in [7, 11) is 0. The molecule has 0 unspecified atom stereocenters. The molecule has 2 heterocycles. The molecule has 0 radical (unpaired) electrons. The molecule has 142 valence electrons. The van der Waals surface area contributed by atoms with E-state index in [0.29, 0.717) is 27.8 Å². The molecule has 0 fully saturated rings. The van der Waals surface area contributed by atoms with Gasteiger partial charge in [0.2, 0.25) is 0 Å². The van der Waals surface area contributed by atoms with Crippen molar-refractivity contribution in [1.82, 2.24) is 14.6 Å². The maximum Gasteiger partial charge on any atom is 0.435 e. The molecule has 28 heavy (non-hydrogen) atoms. The molecule has 0 amide bonds. The smallest absolute Gasteiger partial charge is 0.340 e. The van der Waals surface area contributed by atoms with Crippen LogP contribution in [-0.4, -0.2) is 14.6 Å². The highest BCUT2D eigenvalue weighted by Crippen LogP contribution is 2.39. The average Bonchev–Trinajstić information content (AvgIpc) is 3.02. The number of hydrogen-bond acceptors (Lipinski definition) is 3. The summed E-state index contributed by atoms with van der Waals surface area (Å²) in [6, 6.07) is 16.9. The highest BCUT2D eigenvalue weighted by Gasteiger charge is 2.39. The first-order chi connectivity index (χ1) is 13.3. The molecule has 2 aromatic heterocycles. The second-order valence-electron chi connectivity index (χ2n) is 6.24. The number of aromatic nitrogens is 3. The fourth-order valence-electron chi connectivity index (χ4n) is 3.01. The Balaban J connectivity index is 1.97. The molecular weight excluding hydrogens is 389 g/mol. The fraction of sp³-hybridized carbons (Fsp3) is 0.100. The predicted molar refractivity (Wildman–Crippen MR) is 103 cm³/mol. The number of nitrogens with one attached hydrogen (secondary N) is 1. The Bertz CT molecular complexity index is 1150. The standard InChI is InChI=1S/C20H14ClF3N4/c1-12-10-16(26-15-9-5-8-14(21)11-15)28-19(25-12)17(13-6-3-2-4-7-13)18(27-28)20(22,23)24/h2-11,26H,1H3. The van der Waals surface area contributed by atoms with E-state index in [-0.39, 0.29) is 11.2 Å². The number of nitrogens with zero attached hydrogens (tertiary/aromatic N) is 3. The molecule has 0 atom stereocenters. The molecule has 1 N–H and O–H groups in total. The SMILES string of the molecule is Cc1cc(Nc2cccc(Cl)c2)n2nc(C(F)(F)F)c(-c3ccccc3)c2n1. The van der Waals surface area contributed by atoms with Crippen LogP contribution in [0.3, 0.4) is 0 Å². The quantitative estimate of drug-likeness (QED) is 0.449. The van der Waals surface area contributed by atoms with E-state index in [1.165, 1.54) is 4.52 Å². The van der Waals surface area contributed by atoms with E-state index in [1.807, 2.05) is 0 Å². The Morgan fingerprint density at radius 3 is 2.43 bits per heavy atom. The summed E-state index contributed by atoms with van der Waals surface area (Å²) >= 11 is 6.01. The molecule has 4 aromatic rings. The van der Waals surface area contributed by atoms with Gasteiger partial charge in [-0.25, -0.2) is 4.98 Å². The number of anilines is 2. The predicted octanol–water partition coefficient (Wildman–Crippen LogP) is 6.12. The molecule has 0 saturated heterocycles. The Kier molecular flexibility index (Phi) is 4.47. The second kappa shape index (κ2) is 6.83. The van der Waals surface area contributed by atoms with Gasteiger partial charge >= 0.3 is 6.18 Å². The van der Waals surface area contributed by atoms with Crippen molar-refractivity contribution in [3.63, 3.8) is 0 Å². The third-order valence-electron chi connectivity index (χ3n) is 4.15. The van der Waals surface area contributed by atoms with Gasteiger partial charge in [0, 0.05) is 22.5 Å². The lowest BCUT2D eigenvalue weighted by Crippen LogP contribution is -2.08. The van der Waals surface area contributed by atoms with Crippen LogP contribution in [0.4, 0.5) is 24.7 Å². The number of alkyl halides is 3. The van der Waals surface area contributed by atoms with Crippen LogP contribution in [0.25, 0.3) is 16.8 Å². The highest BCUT2D eigenvalue weighted by molar-refractivity contribution is 6.30. The lowest BCUT2D eigenvalue weighted by Gasteiger charge is -2.10. The van der Waals surface area contributed by atoms with Gasteiger partial charge in [0.25, 0.3) is 0 Å². The minimum absolute atomic E-state index is 0.0501. The molecule has 0 aliphatic heterocycles. The van der Waals surface area contributed by atoms with Crippen LogP contribution < -0.4 is 5.32 Å². The number of rotatable bonds is 3. The Morgan fingerprint density at radius 1 is 1.00 bits per heavy atom. The van der Waals surface area contributed by atoms with E-state index in [0.717, 1.165) is 0 Å². The summed E-state index contributed by atoms with van der Waals surface area (Å²) in [5.41, 5.74) is 0.684. The number of aryl methyl sites for hydroxylation is 1. The summed E-state index contributed by atoms with van der Waals surface area (Å²) < 4.78 is 42.4. The molecule has 0 aliphatic carbocycles. The van der Waals surface area contributed by atoms with Gasteiger partial charge in [-0.1, -0.05) is 48.0 Å². The Morgan fingerprint density at radius 2 is 1.75 bits per heavy atom. The number of halogens is 4. The maximum absolute atomic E-state index is 13.7. The van der Waals surface area contributed by atoms with Crippen LogP contribution in [-0.2, 0) is 6.18 Å². The monoisotopic (exact) mass is 402 g/mol. The minimum Gasteiger partial charge on any atom is -0.340 e. The lowest BCUT2D eigenvalue weighted by molar-refractivity contribution is -0.140. The van der Waals surface area contributed by atoms with Crippen LogP contribution in [0, 0.1) is 6.92 Å². The van der Waals surface area contributed by atoms with Crippen LogP contribution >= 0.6 is 11.6 Å². The summed E-state index contributed by atoms with van der Waals surface area (Å²) in [5, 5.41) is 7.44. The van der Waals surface area contributed by atoms with Crippen LogP contribution in [0.15, 0.2) is 60.7 Å². The summed E-state index contributed by atoms with van der Waals surface area (Å²) in [6.45, 7) is 1.72. The van der Waals surface area contributed by atoms with Gasteiger partial charge in [-0.2, -0.15) is 22.8 Å². The Hall–Kier alpha value is -3.06. The van der Waals surface area contributed by atoms with Gasteiger partial charge in [-0.15, -0.1) is 0 Å². The van der Waals surface area contributed by atoms with E-state index >= 15 is 0 Å². The third-order valence-corrected chi connectivity index (χ3v) is 4.38. The summed E-state index contributed by atoms with van der Waals surface area (Å²) in [6.07, 6.45) is -4.62. The van der Waals surface area contributed by atoms with E-state index < -0.39 is 11.9 Å². The zero-order valence-corrected chi connectivity index (χ0v) is 15.4. The third kappa shape index (κ3) is 3.41. The zero-order valence-electron chi connectivity index (χ0n) is 14.6. The Labute approximate surface area is 163 Å². The van der Waals surface area contributed by atoms with Gasteiger partial charge in [0.15, 0.2) is 11.3 Å². The van der Waals surface area contributed by atoms with Crippen LogP contribution in [0.2, 0.25) is 5.02 Å². The van der Waals surface area contributed by atoms with Crippen molar-refractivity contribution in [3.05, 3.63) is 77.1 Å². The van der Waals surface area contributed by atoms with Gasteiger partial charge in [-0.05, 0) is 30.7 Å². The molecule has 4 rings (SSSR count). The van der Waals surface area contributed by atoms with Crippen molar-refractivity contribution in [3.8, 4) is 11.1 Å². The summed E-state index contributed by atoms with van der Waals surface area (Å²) in [5.74, 6) is 0.359. The normalized spacial score (nSPS) is 11.8. The average molecular weight is 403 g/mol. The van der Waals surface area contributed by atoms with Crippen molar-refractivity contribution >= 4 is 28.8 Å². The zero-order chi connectivity index (χ0) is 19.9. The first kappa shape index (κ1) is 18.3. The molecular formula is C20H14ClF3N4. The molecule has 0 bridgehead atoms. The van der Waals surface area contributed by atoms with Gasteiger partial charge < -0.3 is 5.32 Å². The molecule has 0 aliphatic rings. The van der Waals surface area contributed by atoms with Crippen LogP contribution in [0.1, 0.15) is 11.4 Å². The minimum atomic E-state index is -4.62. The maximum atomic E-state index is 13.7. The molecule has 4 nitrogen and oxygen atoms in total. The van der Waals surface area contributed by atoms with E-state index in [1.54, 1.807) is 67.6 Å². The summed E-state index contributed by atoms with van der Waals surface area (Å²) in [4.78, 5) is 4.34. The van der Waals surface area contributed by atoms with Crippen molar-refractivity contribution in [1.29, 1.82) is 0 Å². The van der Waals surface area contributed by atoms with E-state index in [4.69, 9.17) is 11.6 Å². The van der Waals surface area contributed by atoms with E-state index in [9.17, 15) is 13.2 Å². The van der Waals surface area contributed by atoms with Crippen LogP contribution in [0.5, 0.6) is 0 Å². The molecule has 2 aromatic carbocycles. The number of benzene rings is 2. The van der Waals surface area contributed by atoms with Crippen molar-refractivity contribution < 1.29 is 13.2 Å². The van der Waals surface area contributed by atoms with Gasteiger partial charge in [-0.3, -0.25) is 0 Å². The molecule has 8 heteroatoms. The number of hydrogen-bond donors (Lipinski definition) is 1. The van der Waals surface area contributed by atoms with Crippen molar-refractivity contribution in [2.45, 2.75) is 13.1 Å². The molecule has 0 spiro atoms. The first-order valence-electron chi connectivity index (χ1n) is 8.38. The van der Waals surface area contributed by atoms with Gasteiger partial charge in [0.1, 0.15) is 5.82 Å². The lowest BCUT2D eigenvalue weighted by atomic mass is 10.1. The van der Waals surface area contributed by atoms with Crippen molar-refractivity contribution in [2.75, 3.05) is 5.32 Å². The second-order valence-corrected chi connectivity index (χ2v) is 6.68. The highest BCUT2D eigenvalue weighted by atomic mass is 35.5.